The molecular weight excluding hydrogens is 426 g/mol. The van der Waals surface area contributed by atoms with E-state index in [1.165, 1.54) is 4.57 Å². The molecule has 2 heterocycles. The number of rotatable bonds is 6. The summed E-state index contributed by atoms with van der Waals surface area (Å²) in [7, 11) is 0. The summed E-state index contributed by atoms with van der Waals surface area (Å²) in [5.41, 5.74) is 2.81. The molecule has 0 bridgehead atoms. The van der Waals surface area contributed by atoms with E-state index in [1.54, 1.807) is 12.1 Å². The van der Waals surface area contributed by atoms with E-state index in [0.717, 1.165) is 16.7 Å². The number of hydrogen-bond donors (Lipinski definition) is 3. The molecule has 1 aromatic heterocycles. The van der Waals surface area contributed by atoms with Crippen LogP contribution >= 0.6 is 0 Å². The van der Waals surface area contributed by atoms with Gasteiger partial charge in [-0.2, -0.15) is 5.26 Å². The number of pyridine rings is 1. The number of fused-ring (bicyclic) bond motifs is 1. The van der Waals surface area contributed by atoms with Crippen LogP contribution in [0.4, 0.5) is 0 Å². The zero-order chi connectivity index (χ0) is 23.5. The minimum atomic E-state index is -1.27. The molecule has 0 saturated heterocycles. The summed E-state index contributed by atoms with van der Waals surface area (Å²) in [5.74, 6) is -2.71. The fraction of sp³-hybridized carbons (Fsp3) is 0.167. The molecule has 3 N–H and O–H groups in total. The maximum Gasteiger partial charge on any atom is 0.322 e. The fourth-order valence-corrected chi connectivity index (χ4v) is 3.71. The van der Waals surface area contributed by atoms with Crippen LogP contribution in [0.15, 0.2) is 53.3 Å². The van der Waals surface area contributed by atoms with Crippen molar-refractivity contribution in [2.45, 2.75) is 19.8 Å². The van der Waals surface area contributed by atoms with Crippen molar-refractivity contribution in [3.63, 3.8) is 0 Å². The van der Waals surface area contributed by atoms with Gasteiger partial charge in [-0.25, -0.2) is 0 Å². The number of aliphatic carboxylic acids is 1. The number of amides is 1. The van der Waals surface area contributed by atoms with Crippen molar-refractivity contribution in [3.8, 4) is 22.9 Å². The van der Waals surface area contributed by atoms with E-state index in [0.29, 0.717) is 16.8 Å². The molecule has 1 aliphatic heterocycles. The van der Waals surface area contributed by atoms with E-state index in [4.69, 9.17) is 15.1 Å². The van der Waals surface area contributed by atoms with Crippen LogP contribution in [0.25, 0.3) is 11.1 Å². The third kappa shape index (κ3) is 4.33. The van der Waals surface area contributed by atoms with Crippen molar-refractivity contribution >= 4 is 11.9 Å². The number of carbonyl (C=O) groups is 2. The highest BCUT2D eigenvalue weighted by Crippen LogP contribution is 2.30. The van der Waals surface area contributed by atoms with Crippen LogP contribution in [-0.2, 0) is 29.3 Å². The van der Waals surface area contributed by atoms with Crippen LogP contribution in [0, 0.1) is 11.3 Å². The van der Waals surface area contributed by atoms with Crippen LogP contribution in [0.1, 0.15) is 32.7 Å². The number of nitrogens with zero attached hydrogens (tertiary/aromatic N) is 2. The third-order valence-corrected chi connectivity index (χ3v) is 5.41. The first-order valence-electron chi connectivity index (χ1n) is 10.0. The Balaban J connectivity index is 1.66. The van der Waals surface area contributed by atoms with Gasteiger partial charge >= 0.3 is 5.97 Å². The standard InChI is InChI=1S/C24H19N3O6/c25-9-14-1-5-16(6-2-14)17-7-3-15(4-8-17)11-27-19-13-33-12-18(19)22(30)21(24(27)32)23(31)26-10-20(28)29/h1-8,30H,10-13H2,(H,26,31)(H,28,29). The molecule has 0 spiro atoms. The predicted molar refractivity (Wildman–Crippen MR) is 117 cm³/mol. The maximum absolute atomic E-state index is 13.1. The quantitative estimate of drug-likeness (QED) is 0.527. The van der Waals surface area contributed by atoms with Gasteiger partial charge < -0.3 is 24.8 Å². The van der Waals surface area contributed by atoms with E-state index < -0.39 is 35.3 Å². The van der Waals surface area contributed by atoms with Gasteiger partial charge in [-0.3, -0.25) is 14.4 Å². The fourth-order valence-electron chi connectivity index (χ4n) is 3.71. The lowest BCUT2D eigenvalue weighted by Gasteiger charge is -2.16. The molecule has 9 heteroatoms. The summed E-state index contributed by atoms with van der Waals surface area (Å²) < 4.78 is 6.76. The summed E-state index contributed by atoms with van der Waals surface area (Å²) in [6.07, 6.45) is 0. The van der Waals surface area contributed by atoms with E-state index in [2.05, 4.69) is 11.4 Å². The lowest BCUT2D eigenvalue weighted by molar-refractivity contribution is -0.135. The Kier molecular flexibility index (Phi) is 5.93. The number of carboxylic acid groups (broad SMARTS) is 1. The van der Waals surface area contributed by atoms with Gasteiger partial charge in [0.15, 0.2) is 0 Å². The van der Waals surface area contributed by atoms with Gasteiger partial charge in [-0.1, -0.05) is 36.4 Å². The van der Waals surface area contributed by atoms with Crippen molar-refractivity contribution in [2.75, 3.05) is 6.54 Å². The first-order chi connectivity index (χ1) is 15.9. The molecule has 33 heavy (non-hydrogen) atoms. The Labute approximate surface area is 188 Å². The molecule has 0 saturated carbocycles. The number of aromatic hydroxyl groups is 1. The minimum absolute atomic E-state index is 0.0400. The van der Waals surface area contributed by atoms with Crippen molar-refractivity contribution in [1.82, 2.24) is 9.88 Å². The predicted octanol–water partition coefficient (Wildman–Crippen LogP) is 1.99. The first kappa shape index (κ1) is 21.8. The number of benzene rings is 2. The highest BCUT2D eigenvalue weighted by Gasteiger charge is 2.29. The second kappa shape index (κ2) is 8.98. The maximum atomic E-state index is 13.1. The van der Waals surface area contributed by atoms with Gasteiger partial charge in [0.25, 0.3) is 11.5 Å². The van der Waals surface area contributed by atoms with Crippen LogP contribution in [0.5, 0.6) is 5.75 Å². The van der Waals surface area contributed by atoms with Crippen LogP contribution < -0.4 is 10.9 Å². The molecule has 0 radical (unpaired) electrons. The molecule has 166 valence electrons. The smallest absolute Gasteiger partial charge is 0.322 e. The van der Waals surface area contributed by atoms with E-state index in [1.807, 2.05) is 36.4 Å². The Hall–Kier alpha value is -4.42. The second-order valence-electron chi connectivity index (χ2n) is 7.50. The average molecular weight is 445 g/mol. The van der Waals surface area contributed by atoms with Crippen LogP contribution in [0.2, 0.25) is 0 Å². The number of carbonyl (C=O) groups excluding carboxylic acids is 1. The molecule has 0 aliphatic carbocycles. The molecule has 0 unspecified atom stereocenters. The van der Waals surface area contributed by atoms with Gasteiger partial charge in [0, 0.05) is 5.56 Å². The molecule has 9 nitrogen and oxygen atoms in total. The third-order valence-electron chi connectivity index (χ3n) is 5.41. The molecule has 1 aliphatic rings. The Morgan fingerprint density at radius 3 is 2.30 bits per heavy atom. The van der Waals surface area contributed by atoms with Crippen molar-refractivity contribution in [2.24, 2.45) is 0 Å². The average Bonchev–Trinajstić information content (AvgIpc) is 3.31. The van der Waals surface area contributed by atoms with Gasteiger partial charge in [-0.15, -0.1) is 0 Å². The summed E-state index contributed by atoms with van der Waals surface area (Å²) >= 11 is 0. The molecular formula is C24H19N3O6. The first-order valence-corrected chi connectivity index (χ1v) is 10.0. The molecule has 0 fully saturated rings. The summed E-state index contributed by atoms with van der Waals surface area (Å²) in [5, 5.41) is 30.3. The molecule has 1 amide bonds. The topological polar surface area (TPSA) is 142 Å². The minimum Gasteiger partial charge on any atom is -0.506 e. The van der Waals surface area contributed by atoms with Gasteiger partial charge in [-0.05, 0) is 28.8 Å². The van der Waals surface area contributed by atoms with E-state index >= 15 is 0 Å². The SMILES string of the molecule is N#Cc1ccc(-c2ccc(Cn3c4c(c(O)c(C(=O)NCC(=O)O)c3=O)COC4)cc2)cc1. The second-order valence-corrected chi connectivity index (χ2v) is 7.50. The monoisotopic (exact) mass is 445 g/mol. The Bertz CT molecular complexity index is 1340. The van der Waals surface area contributed by atoms with Gasteiger partial charge in [0.05, 0.1) is 37.1 Å². The highest BCUT2D eigenvalue weighted by atomic mass is 16.5. The number of ether oxygens (including phenoxy) is 1. The van der Waals surface area contributed by atoms with Crippen LogP contribution in [0.3, 0.4) is 0 Å². The largest absolute Gasteiger partial charge is 0.506 e. The van der Waals surface area contributed by atoms with Crippen molar-refractivity contribution in [3.05, 3.63) is 86.8 Å². The zero-order valence-electron chi connectivity index (χ0n) is 17.4. The van der Waals surface area contributed by atoms with E-state index in [-0.39, 0.29) is 19.8 Å². The molecule has 0 atom stereocenters. The molecule has 4 rings (SSSR count). The lowest BCUT2D eigenvalue weighted by Crippen LogP contribution is -2.37. The van der Waals surface area contributed by atoms with Crippen molar-refractivity contribution < 1.29 is 24.5 Å². The van der Waals surface area contributed by atoms with E-state index in [9.17, 15) is 19.5 Å². The lowest BCUT2D eigenvalue weighted by atomic mass is 10.0. The summed E-state index contributed by atoms with van der Waals surface area (Å²) in [4.78, 5) is 36.3. The summed E-state index contributed by atoms with van der Waals surface area (Å²) in [6, 6.07) is 16.7. The Morgan fingerprint density at radius 2 is 1.70 bits per heavy atom. The van der Waals surface area contributed by atoms with Crippen LogP contribution in [-0.4, -0.2) is 33.2 Å². The van der Waals surface area contributed by atoms with Crippen molar-refractivity contribution in [1.29, 1.82) is 5.26 Å². The zero-order valence-corrected chi connectivity index (χ0v) is 17.4. The number of carboxylic acids is 1. The number of hydrogen-bond acceptors (Lipinski definition) is 6. The summed E-state index contributed by atoms with van der Waals surface area (Å²) in [6.45, 7) is -0.392. The number of nitrogens with one attached hydrogen (secondary N) is 1. The highest BCUT2D eigenvalue weighted by molar-refractivity contribution is 5.98. The number of nitriles is 1. The Morgan fingerprint density at radius 1 is 1.06 bits per heavy atom. The normalized spacial score (nSPS) is 12.1. The van der Waals surface area contributed by atoms with Gasteiger partial charge in [0.1, 0.15) is 17.9 Å². The molecule has 3 aromatic rings. The van der Waals surface area contributed by atoms with Gasteiger partial charge in [0.2, 0.25) is 0 Å². The number of aromatic nitrogens is 1. The molecule has 2 aromatic carbocycles.